The van der Waals surface area contributed by atoms with Crippen LogP contribution in [-0.4, -0.2) is 52.2 Å². The van der Waals surface area contributed by atoms with Crippen LogP contribution in [0.3, 0.4) is 0 Å². The van der Waals surface area contributed by atoms with Gasteiger partial charge >= 0.3 is 0 Å². The van der Waals surface area contributed by atoms with Crippen LogP contribution < -0.4 is 10.1 Å². The maximum atomic E-state index is 12.2. The van der Waals surface area contributed by atoms with Gasteiger partial charge in [-0.15, -0.1) is 0 Å². The number of nitrogens with one attached hydrogen (secondary N) is 2. The molecule has 0 saturated carbocycles. The molecule has 8 heteroatoms. The fourth-order valence-corrected chi connectivity index (χ4v) is 3.84. The molecule has 24 heavy (non-hydrogen) atoms. The zero-order chi connectivity index (χ0) is 17.6. The first-order valence-corrected chi connectivity index (χ1v) is 9.58. The molecule has 1 fully saturated rings. The molecule has 1 aliphatic rings. The Hall–Kier alpha value is -1.48. The van der Waals surface area contributed by atoms with Crippen LogP contribution >= 0.6 is 0 Å². The maximum Gasteiger partial charge on any atom is 0.265 e. The van der Waals surface area contributed by atoms with Gasteiger partial charge in [-0.3, -0.25) is 10.2 Å². The first kappa shape index (κ1) is 18.9. The number of amides is 1. The van der Waals surface area contributed by atoms with Gasteiger partial charge in [-0.05, 0) is 44.0 Å². The largest absolute Gasteiger partial charge is 0.383 e. The van der Waals surface area contributed by atoms with Crippen LogP contribution in [0.2, 0.25) is 0 Å². The molecule has 1 saturated heterocycles. The van der Waals surface area contributed by atoms with Crippen LogP contribution in [0.5, 0.6) is 0 Å². The summed E-state index contributed by atoms with van der Waals surface area (Å²) < 4.78 is 31.9. The van der Waals surface area contributed by atoms with Crippen molar-refractivity contribution in [2.24, 2.45) is 0 Å². The molecule has 1 heterocycles. The lowest BCUT2D eigenvalue weighted by molar-refractivity contribution is 0.0750. The first-order chi connectivity index (χ1) is 11.4. The number of hydrogen-bond acceptors (Lipinski definition) is 5. The Morgan fingerprint density at radius 1 is 1.21 bits per heavy atom. The Morgan fingerprint density at radius 2 is 1.83 bits per heavy atom. The molecule has 2 rings (SSSR count). The minimum atomic E-state index is -3.62. The molecule has 1 amide bonds. The highest BCUT2D eigenvalue weighted by Crippen LogP contribution is 2.12. The summed E-state index contributed by atoms with van der Waals surface area (Å²) in [4.78, 5) is 12.3. The Labute approximate surface area is 143 Å². The van der Waals surface area contributed by atoms with Gasteiger partial charge in [0.2, 0.25) is 10.0 Å². The van der Waals surface area contributed by atoms with E-state index in [0.29, 0.717) is 5.56 Å². The molecule has 134 valence electrons. The summed E-state index contributed by atoms with van der Waals surface area (Å²) in [5.74, 6) is -0.221. The molecule has 0 unspecified atom stereocenters. The van der Waals surface area contributed by atoms with Crippen molar-refractivity contribution in [2.45, 2.75) is 37.1 Å². The molecule has 1 aromatic carbocycles. The van der Waals surface area contributed by atoms with Crippen LogP contribution in [0.4, 0.5) is 0 Å². The Morgan fingerprint density at radius 3 is 2.42 bits per heavy atom. The van der Waals surface area contributed by atoms with E-state index in [2.05, 4.69) is 10.1 Å². The van der Waals surface area contributed by atoms with E-state index in [1.54, 1.807) is 6.92 Å². The van der Waals surface area contributed by atoms with E-state index in [0.717, 1.165) is 25.9 Å². The second-order valence-corrected chi connectivity index (χ2v) is 7.70. The van der Waals surface area contributed by atoms with E-state index >= 15 is 0 Å². The minimum absolute atomic E-state index is 0.125. The number of carbonyl (C=O) groups is 1. The summed E-state index contributed by atoms with van der Waals surface area (Å²) in [5.41, 5.74) is 3.29. The monoisotopic (exact) mass is 355 g/mol. The molecule has 1 aliphatic heterocycles. The molecule has 0 aliphatic carbocycles. The van der Waals surface area contributed by atoms with E-state index in [4.69, 9.17) is 4.74 Å². The zero-order valence-electron chi connectivity index (χ0n) is 14.1. The Balaban J connectivity index is 2.00. The topological polar surface area (TPSA) is 87.7 Å². The fourth-order valence-electron chi connectivity index (χ4n) is 2.62. The molecule has 0 radical (unpaired) electrons. The first-order valence-electron chi connectivity index (χ1n) is 8.09. The number of ether oxygens (including phenoxy) is 1. The van der Waals surface area contributed by atoms with Crippen molar-refractivity contribution in [3.05, 3.63) is 29.8 Å². The van der Waals surface area contributed by atoms with Crippen molar-refractivity contribution in [2.75, 3.05) is 26.8 Å². The highest BCUT2D eigenvalue weighted by atomic mass is 32.2. The third-order valence-corrected chi connectivity index (χ3v) is 5.42. The molecular formula is C16H25N3O4S. The van der Waals surface area contributed by atoms with Crippen LogP contribution in [-0.2, 0) is 14.8 Å². The molecule has 0 bridgehead atoms. The molecule has 1 aromatic rings. The summed E-state index contributed by atoms with van der Waals surface area (Å²) in [6.45, 7) is 3.70. The van der Waals surface area contributed by atoms with Gasteiger partial charge in [0.05, 0.1) is 11.5 Å². The molecule has 2 N–H and O–H groups in total. The highest BCUT2D eigenvalue weighted by Gasteiger charge is 2.19. The van der Waals surface area contributed by atoms with Crippen LogP contribution in [0.1, 0.15) is 36.5 Å². The van der Waals surface area contributed by atoms with Crippen molar-refractivity contribution >= 4 is 15.9 Å². The van der Waals surface area contributed by atoms with Gasteiger partial charge in [-0.1, -0.05) is 6.42 Å². The molecule has 1 atom stereocenters. The zero-order valence-corrected chi connectivity index (χ0v) is 14.9. The number of methoxy groups -OCH3 is 1. The summed E-state index contributed by atoms with van der Waals surface area (Å²) in [7, 11) is -2.11. The lowest BCUT2D eigenvalue weighted by Crippen LogP contribution is -2.45. The van der Waals surface area contributed by atoms with Gasteiger partial charge in [0.25, 0.3) is 5.91 Å². The van der Waals surface area contributed by atoms with Crippen LogP contribution in [0, 0.1) is 0 Å². The normalized spacial score (nSPS) is 17.4. The number of sulfonamides is 1. The van der Waals surface area contributed by atoms with Crippen LogP contribution in [0.15, 0.2) is 29.2 Å². The predicted octanol–water partition coefficient (Wildman–Crippen LogP) is 1.13. The average molecular weight is 355 g/mol. The van der Waals surface area contributed by atoms with Gasteiger partial charge in [-0.25, -0.2) is 18.1 Å². The van der Waals surface area contributed by atoms with E-state index < -0.39 is 10.0 Å². The predicted molar refractivity (Wildman–Crippen MR) is 91.0 cm³/mol. The van der Waals surface area contributed by atoms with Crippen LogP contribution in [0.25, 0.3) is 0 Å². The van der Waals surface area contributed by atoms with Crippen molar-refractivity contribution in [1.29, 1.82) is 0 Å². The van der Waals surface area contributed by atoms with Gasteiger partial charge in [-0.2, -0.15) is 0 Å². The van der Waals surface area contributed by atoms with E-state index in [1.165, 1.54) is 37.8 Å². The lowest BCUT2D eigenvalue weighted by Gasteiger charge is -2.26. The van der Waals surface area contributed by atoms with E-state index in [-0.39, 0.29) is 23.5 Å². The smallest absolute Gasteiger partial charge is 0.265 e. The van der Waals surface area contributed by atoms with Crippen molar-refractivity contribution in [1.82, 2.24) is 15.2 Å². The van der Waals surface area contributed by atoms with Gasteiger partial charge in [0.15, 0.2) is 0 Å². The summed E-state index contributed by atoms with van der Waals surface area (Å²) in [6, 6.07) is 5.59. The van der Waals surface area contributed by atoms with Gasteiger partial charge < -0.3 is 4.74 Å². The minimum Gasteiger partial charge on any atom is -0.383 e. The second-order valence-electron chi connectivity index (χ2n) is 5.99. The van der Waals surface area contributed by atoms with Gasteiger partial charge in [0.1, 0.15) is 0 Å². The number of nitrogens with zero attached hydrogens (tertiary/aromatic N) is 1. The quantitative estimate of drug-likeness (QED) is 0.766. The molecule has 0 aromatic heterocycles. The third kappa shape index (κ3) is 5.27. The Kier molecular flexibility index (Phi) is 6.73. The highest BCUT2D eigenvalue weighted by molar-refractivity contribution is 7.89. The number of hydrazine groups is 1. The summed E-state index contributed by atoms with van der Waals surface area (Å²) in [5, 5.41) is 1.91. The number of hydrogen-bond donors (Lipinski definition) is 2. The summed E-state index contributed by atoms with van der Waals surface area (Å²) in [6.07, 6.45) is 3.33. The van der Waals surface area contributed by atoms with E-state index in [1.807, 2.05) is 5.01 Å². The molecular weight excluding hydrogens is 330 g/mol. The SMILES string of the molecule is COC[C@@H](C)NS(=O)(=O)c1ccc(C(=O)NN2CCCCC2)cc1. The average Bonchev–Trinajstić information content (AvgIpc) is 2.55. The number of piperidine rings is 1. The maximum absolute atomic E-state index is 12.2. The van der Waals surface area contributed by atoms with Crippen molar-refractivity contribution in [3.8, 4) is 0 Å². The summed E-state index contributed by atoms with van der Waals surface area (Å²) >= 11 is 0. The molecule has 0 spiro atoms. The number of rotatable bonds is 7. The lowest BCUT2D eigenvalue weighted by atomic mass is 10.1. The number of carbonyl (C=O) groups excluding carboxylic acids is 1. The second kappa shape index (κ2) is 8.57. The van der Waals surface area contributed by atoms with E-state index in [9.17, 15) is 13.2 Å². The third-order valence-electron chi connectivity index (χ3n) is 3.82. The fraction of sp³-hybridized carbons (Fsp3) is 0.562. The van der Waals surface area contributed by atoms with Gasteiger partial charge in [0, 0.05) is 31.8 Å². The van der Waals surface area contributed by atoms with Crippen molar-refractivity contribution < 1.29 is 17.9 Å². The molecule has 7 nitrogen and oxygen atoms in total. The Bertz CT molecular complexity index is 640. The van der Waals surface area contributed by atoms with Crippen molar-refractivity contribution in [3.63, 3.8) is 0 Å². The standard InChI is InChI=1S/C16H25N3O4S/c1-13(12-23-2)18-24(21,22)15-8-6-14(7-9-15)16(20)17-19-10-4-3-5-11-19/h6-9,13,18H,3-5,10-12H2,1-2H3,(H,17,20)/t13-/m1/s1. The number of benzene rings is 1.